The van der Waals surface area contributed by atoms with Crippen molar-refractivity contribution in [3.05, 3.63) is 94.0 Å². The van der Waals surface area contributed by atoms with Crippen molar-refractivity contribution in [2.75, 3.05) is 0 Å². The first-order chi connectivity index (χ1) is 14.5. The van der Waals surface area contributed by atoms with E-state index in [0.29, 0.717) is 16.7 Å². The van der Waals surface area contributed by atoms with Crippen LogP contribution in [0.25, 0.3) is 0 Å². The summed E-state index contributed by atoms with van der Waals surface area (Å²) >= 11 is 13.3. The van der Waals surface area contributed by atoms with E-state index in [4.69, 9.17) is 27.9 Å². The lowest BCUT2D eigenvalue weighted by Crippen LogP contribution is -2.26. The molecule has 0 spiro atoms. The second-order valence-electron chi connectivity index (χ2n) is 6.44. The van der Waals surface area contributed by atoms with Gasteiger partial charge in [0.1, 0.15) is 12.4 Å². The Morgan fingerprint density at radius 2 is 1.80 bits per heavy atom. The molecule has 3 rings (SSSR count). The van der Waals surface area contributed by atoms with Gasteiger partial charge in [0.05, 0.1) is 11.5 Å². The fourth-order valence-corrected chi connectivity index (χ4v) is 3.68. The van der Waals surface area contributed by atoms with Crippen LogP contribution in [-0.4, -0.2) is 17.4 Å². The van der Waals surface area contributed by atoms with E-state index in [2.05, 4.69) is 10.5 Å². The number of benzene rings is 3. The molecule has 0 aromatic heterocycles. The van der Waals surface area contributed by atoms with Gasteiger partial charge in [0.25, 0.3) is 5.91 Å². The van der Waals surface area contributed by atoms with Crippen LogP contribution in [0.5, 0.6) is 5.75 Å². The zero-order valence-corrected chi connectivity index (χ0v) is 18.5. The molecule has 3 aromatic carbocycles. The van der Waals surface area contributed by atoms with Gasteiger partial charge in [0, 0.05) is 14.9 Å². The van der Waals surface area contributed by atoms with Crippen LogP contribution in [0.4, 0.5) is 0 Å². The van der Waals surface area contributed by atoms with Gasteiger partial charge in [0.15, 0.2) is 0 Å². The summed E-state index contributed by atoms with van der Waals surface area (Å²) in [4.78, 5) is 13.2. The minimum Gasteiger partial charge on any atom is -0.489 e. The number of thioether (sulfide) groups is 1. The molecule has 0 bridgehead atoms. The molecular weight excluding hydrogens is 439 g/mol. The van der Waals surface area contributed by atoms with Crippen molar-refractivity contribution in [1.82, 2.24) is 5.43 Å². The molecule has 0 heterocycles. The number of carbonyl (C=O) groups excluding carboxylic acids is 1. The summed E-state index contributed by atoms with van der Waals surface area (Å²) in [7, 11) is 0. The highest BCUT2D eigenvalue weighted by Crippen LogP contribution is 2.24. The Morgan fingerprint density at radius 1 is 1.07 bits per heavy atom. The zero-order valence-electron chi connectivity index (χ0n) is 16.2. The molecule has 1 atom stereocenters. The lowest BCUT2D eigenvalue weighted by Gasteiger charge is -2.09. The van der Waals surface area contributed by atoms with Crippen molar-refractivity contribution < 1.29 is 9.53 Å². The van der Waals surface area contributed by atoms with Gasteiger partial charge >= 0.3 is 0 Å². The maximum atomic E-state index is 12.2. The molecule has 30 heavy (non-hydrogen) atoms. The number of carbonyl (C=O) groups is 1. The van der Waals surface area contributed by atoms with Crippen LogP contribution >= 0.6 is 35.0 Å². The SMILES string of the molecule is C[C@@H](Sc1ccc(Cl)cc1)C(=O)N/N=C\c1ccc(OCc2cccc(Cl)c2)cc1. The first-order valence-electron chi connectivity index (χ1n) is 9.22. The number of hydrogen-bond donors (Lipinski definition) is 1. The number of nitrogens with one attached hydrogen (secondary N) is 1. The normalized spacial score (nSPS) is 12.0. The summed E-state index contributed by atoms with van der Waals surface area (Å²) < 4.78 is 5.76. The highest BCUT2D eigenvalue weighted by atomic mass is 35.5. The van der Waals surface area contributed by atoms with Crippen molar-refractivity contribution >= 4 is 47.1 Å². The molecule has 0 radical (unpaired) electrons. The highest BCUT2D eigenvalue weighted by molar-refractivity contribution is 8.00. The molecule has 0 saturated heterocycles. The number of hydrogen-bond acceptors (Lipinski definition) is 4. The summed E-state index contributed by atoms with van der Waals surface area (Å²) in [6, 6.07) is 22.4. The van der Waals surface area contributed by atoms with Crippen LogP contribution in [0, 0.1) is 0 Å². The number of ether oxygens (including phenoxy) is 1. The van der Waals surface area contributed by atoms with Crippen LogP contribution in [0.2, 0.25) is 10.0 Å². The molecule has 3 aromatic rings. The number of halogens is 2. The van der Waals surface area contributed by atoms with Crippen molar-refractivity contribution in [1.29, 1.82) is 0 Å². The molecule has 0 fully saturated rings. The Morgan fingerprint density at radius 3 is 2.50 bits per heavy atom. The van der Waals surface area contributed by atoms with Crippen LogP contribution in [-0.2, 0) is 11.4 Å². The molecule has 1 N–H and O–H groups in total. The number of rotatable bonds is 8. The van der Waals surface area contributed by atoms with Crippen molar-refractivity contribution in [3.8, 4) is 5.75 Å². The van der Waals surface area contributed by atoms with Crippen molar-refractivity contribution in [3.63, 3.8) is 0 Å². The minimum absolute atomic E-state index is 0.173. The average molecular weight is 459 g/mol. The Bertz CT molecular complexity index is 1010. The lowest BCUT2D eigenvalue weighted by molar-refractivity contribution is -0.120. The van der Waals surface area contributed by atoms with Crippen LogP contribution < -0.4 is 10.2 Å². The smallest absolute Gasteiger partial charge is 0.253 e. The Kier molecular flexibility index (Phi) is 8.20. The van der Waals surface area contributed by atoms with Gasteiger partial charge in [-0.25, -0.2) is 5.43 Å². The van der Waals surface area contributed by atoms with Gasteiger partial charge in [-0.1, -0.05) is 35.3 Å². The molecule has 154 valence electrons. The zero-order chi connectivity index (χ0) is 21.3. The molecule has 0 unspecified atom stereocenters. The topological polar surface area (TPSA) is 50.7 Å². The second kappa shape index (κ2) is 11.1. The first-order valence-corrected chi connectivity index (χ1v) is 10.9. The molecule has 7 heteroatoms. The predicted molar refractivity (Wildman–Crippen MR) is 125 cm³/mol. The van der Waals surface area contributed by atoms with Gasteiger partial charge in [-0.15, -0.1) is 11.8 Å². The summed E-state index contributed by atoms with van der Waals surface area (Å²) in [5, 5.41) is 5.10. The number of hydrazone groups is 1. The maximum Gasteiger partial charge on any atom is 0.253 e. The van der Waals surface area contributed by atoms with Gasteiger partial charge in [-0.3, -0.25) is 4.79 Å². The molecule has 0 saturated carbocycles. The van der Waals surface area contributed by atoms with Gasteiger partial charge < -0.3 is 4.74 Å². The number of nitrogens with zero attached hydrogens (tertiary/aromatic N) is 1. The summed E-state index contributed by atoms with van der Waals surface area (Å²) in [6.45, 7) is 2.27. The van der Waals surface area contributed by atoms with E-state index in [9.17, 15) is 4.79 Å². The third-order valence-electron chi connectivity index (χ3n) is 4.06. The summed E-state index contributed by atoms with van der Waals surface area (Å²) in [6.07, 6.45) is 1.60. The van der Waals surface area contributed by atoms with Gasteiger partial charge in [-0.05, 0) is 78.7 Å². The lowest BCUT2D eigenvalue weighted by atomic mass is 10.2. The Balaban J connectivity index is 1.46. The fraction of sp³-hybridized carbons (Fsp3) is 0.130. The Labute approximate surface area is 190 Å². The minimum atomic E-state index is -0.286. The van der Waals surface area contributed by atoms with E-state index in [1.807, 2.05) is 67.6 Å². The van der Waals surface area contributed by atoms with E-state index < -0.39 is 0 Å². The van der Waals surface area contributed by atoms with Crippen LogP contribution in [0.15, 0.2) is 82.8 Å². The quantitative estimate of drug-likeness (QED) is 0.248. The molecule has 1 amide bonds. The van der Waals surface area contributed by atoms with E-state index in [1.165, 1.54) is 11.8 Å². The molecular formula is C23H20Cl2N2O2S. The molecule has 0 aliphatic rings. The first kappa shape index (κ1) is 22.2. The summed E-state index contributed by atoms with van der Waals surface area (Å²) in [5.41, 5.74) is 4.42. The van der Waals surface area contributed by atoms with E-state index in [1.54, 1.807) is 18.3 Å². The molecule has 4 nitrogen and oxygen atoms in total. The van der Waals surface area contributed by atoms with Crippen molar-refractivity contribution in [2.45, 2.75) is 23.7 Å². The van der Waals surface area contributed by atoms with Crippen molar-refractivity contribution in [2.24, 2.45) is 5.10 Å². The Hall–Kier alpha value is -2.47. The number of amides is 1. The largest absolute Gasteiger partial charge is 0.489 e. The van der Waals surface area contributed by atoms with Gasteiger partial charge in [0.2, 0.25) is 0 Å². The average Bonchev–Trinajstić information content (AvgIpc) is 2.75. The van der Waals surface area contributed by atoms with E-state index in [-0.39, 0.29) is 11.2 Å². The standard InChI is InChI=1S/C23H20Cl2N2O2S/c1-16(30-22-11-7-19(24)8-12-22)23(28)27-26-14-17-5-9-21(10-6-17)29-15-18-3-2-4-20(25)13-18/h2-14,16H,15H2,1H3,(H,27,28)/b26-14-/t16-/m1/s1. The maximum absolute atomic E-state index is 12.2. The van der Waals surface area contributed by atoms with Crippen LogP contribution in [0.1, 0.15) is 18.1 Å². The third kappa shape index (κ3) is 7.10. The second-order valence-corrected chi connectivity index (χ2v) is 8.72. The van der Waals surface area contributed by atoms with Crippen LogP contribution in [0.3, 0.4) is 0 Å². The summed E-state index contributed by atoms with van der Waals surface area (Å²) in [5.74, 6) is 0.567. The third-order valence-corrected chi connectivity index (χ3v) is 5.66. The van der Waals surface area contributed by atoms with E-state index in [0.717, 1.165) is 21.8 Å². The fourth-order valence-electron chi connectivity index (χ4n) is 2.48. The molecule has 0 aliphatic heterocycles. The van der Waals surface area contributed by atoms with Gasteiger partial charge in [-0.2, -0.15) is 5.10 Å². The monoisotopic (exact) mass is 458 g/mol. The highest BCUT2D eigenvalue weighted by Gasteiger charge is 2.13. The molecule has 0 aliphatic carbocycles. The van der Waals surface area contributed by atoms with E-state index >= 15 is 0 Å². The predicted octanol–water partition coefficient (Wildman–Crippen LogP) is 6.20.